The standard InChI is InChI=1S/C36H36Cl2F3N3O4S/c1-3-4-20-42-35(46)33(21-26-10-6-5-7-11-26)43(23-27-12-8-9-13-31(27)37)34(45)24-44(49(47,48)29-17-14-25(2)15-18-29)28-16-19-32(38)30(22-28)36(39,40)41/h5-19,22,33H,3-4,20-21,23-24H2,1-2H3,(H,42,46)/t33-/m1/s1. The summed E-state index contributed by atoms with van der Waals surface area (Å²) < 4.78 is 70.9. The number of halogens is 5. The van der Waals surface area contributed by atoms with E-state index in [4.69, 9.17) is 23.2 Å². The molecule has 7 nitrogen and oxygen atoms in total. The quantitative estimate of drug-likeness (QED) is 0.133. The van der Waals surface area contributed by atoms with Crippen molar-refractivity contribution in [3.05, 3.63) is 129 Å². The van der Waals surface area contributed by atoms with Gasteiger partial charge in [0.15, 0.2) is 0 Å². The third-order valence-electron chi connectivity index (χ3n) is 7.83. The molecule has 49 heavy (non-hydrogen) atoms. The van der Waals surface area contributed by atoms with Gasteiger partial charge >= 0.3 is 6.18 Å². The van der Waals surface area contributed by atoms with E-state index in [-0.39, 0.29) is 17.9 Å². The molecule has 0 unspecified atom stereocenters. The lowest BCUT2D eigenvalue weighted by molar-refractivity contribution is -0.140. The van der Waals surface area contributed by atoms with Gasteiger partial charge in [0.25, 0.3) is 10.0 Å². The van der Waals surface area contributed by atoms with Crippen LogP contribution in [0, 0.1) is 6.92 Å². The Hall–Kier alpha value is -4.06. The second-order valence-electron chi connectivity index (χ2n) is 11.4. The van der Waals surface area contributed by atoms with Crippen molar-refractivity contribution in [1.82, 2.24) is 10.2 Å². The fourth-order valence-corrected chi connectivity index (χ4v) is 6.95. The van der Waals surface area contributed by atoms with Gasteiger partial charge in [0.05, 0.1) is 21.2 Å². The van der Waals surface area contributed by atoms with E-state index in [1.54, 1.807) is 55.5 Å². The summed E-state index contributed by atoms with van der Waals surface area (Å²) in [6.45, 7) is 2.92. The largest absolute Gasteiger partial charge is 0.417 e. The van der Waals surface area contributed by atoms with Crippen molar-refractivity contribution in [2.75, 3.05) is 17.4 Å². The Morgan fingerprint density at radius 2 is 1.53 bits per heavy atom. The molecule has 0 spiro atoms. The summed E-state index contributed by atoms with van der Waals surface area (Å²) in [7, 11) is -4.63. The van der Waals surface area contributed by atoms with Gasteiger partial charge in [-0.25, -0.2) is 8.42 Å². The number of alkyl halides is 3. The van der Waals surface area contributed by atoms with E-state index in [1.165, 1.54) is 29.2 Å². The summed E-state index contributed by atoms with van der Waals surface area (Å²) in [6, 6.07) is 22.9. The van der Waals surface area contributed by atoms with E-state index in [1.807, 2.05) is 13.0 Å². The third-order valence-corrected chi connectivity index (χ3v) is 10.3. The van der Waals surface area contributed by atoms with E-state index >= 15 is 0 Å². The van der Waals surface area contributed by atoms with Crippen molar-refractivity contribution >= 4 is 50.7 Å². The summed E-state index contributed by atoms with van der Waals surface area (Å²) in [6.07, 6.45) is -3.36. The van der Waals surface area contributed by atoms with Gasteiger partial charge in [-0.15, -0.1) is 0 Å². The fraction of sp³-hybridized carbons (Fsp3) is 0.278. The molecule has 0 saturated carbocycles. The molecule has 0 fully saturated rings. The number of nitrogens with one attached hydrogen (secondary N) is 1. The Bertz CT molecular complexity index is 1860. The monoisotopic (exact) mass is 733 g/mol. The minimum absolute atomic E-state index is 0.0683. The third kappa shape index (κ3) is 9.77. The number of aryl methyl sites for hydroxylation is 1. The lowest BCUT2D eigenvalue weighted by Gasteiger charge is -2.34. The number of amides is 2. The molecule has 4 aromatic carbocycles. The number of carbonyl (C=O) groups is 2. The maximum atomic E-state index is 14.5. The molecule has 1 atom stereocenters. The van der Waals surface area contributed by atoms with Gasteiger partial charge in [-0.05, 0) is 60.9 Å². The van der Waals surface area contributed by atoms with Gasteiger partial charge in [-0.1, -0.05) is 103 Å². The molecule has 260 valence electrons. The first-order valence-electron chi connectivity index (χ1n) is 15.5. The topological polar surface area (TPSA) is 86.8 Å². The van der Waals surface area contributed by atoms with Gasteiger partial charge in [0.1, 0.15) is 12.6 Å². The van der Waals surface area contributed by atoms with Gasteiger partial charge in [-0.2, -0.15) is 13.2 Å². The maximum Gasteiger partial charge on any atom is 0.417 e. The number of carbonyl (C=O) groups excluding carboxylic acids is 2. The zero-order chi connectivity index (χ0) is 35.8. The number of rotatable bonds is 14. The Morgan fingerprint density at radius 1 is 0.878 bits per heavy atom. The molecular weight excluding hydrogens is 698 g/mol. The highest BCUT2D eigenvalue weighted by Gasteiger charge is 2.37. The van der Waals surface area contributed by atoms with Gasteiger partial charge in [-0.3, -0.25) is 13.9 Å². The SMILES string of the molecule is CCCCNC(=O)[C@@H](Cc1ccccc1)N(Cc1ccccc1Cl)C(=O)CN(c1ccc(Cl)c(C(F)(F)F)c1)S(=O)(=O)c1ccc(C)cc1. The van der Waals surface area contributed by atoms with Gasteiger partial charge in [0, 0.05) is 24.5 Å². The number of benzene rings is 4. The van der Waals surface area contributed by atoms with E-state index < -0.39 is 56.9 Å². The zero-order valence-electron chi connectivity index (χ0n) is 26.9. The molecule has 4 aromatic rings. The lowest BCUT2D eigenvalue weighted by atomic mass is 10.0. The van der Waals surface area contributed by atoms with Gasteiger partial charge in [0.2, 0.25) is 11.8 Å². The van der Waals surface area contributed by atoms with Crippen LogP contribution in [-0.4, -0.2) is 44.3 Å². The van der Waals surface area contributed by atoms with Crippen LogP contribution in [-0.2, 0) is 38.8 Å². The predicted octanol–water partition coefficient (Wildman–Crippen LogP) is 8.07. The molecule has 0 radical (unpaired) electrons. The molecule has 13 heteroatoms. The van der Waals surface area contributed by atoms with Gasteiger partial charge < -0.3 is 10.2 Å². The van der Waals surface area contributed by atoms with Crippen molar-refractivity contribution < 1.29 is 31.2 Å². The van der Waals surface area contributed by atoms with Crippen LogP contribution in [0.3, 0.4) is 0 Å². The number of unbranched alkanes of at least 4 members (excludes halogenated alkanes) is 1. The number of hydrogen-bond acceptors (Lipinski definition) is 4. The van der Waals surface area contributed by atoms with E-state index in [2.05, 4.69) is 5.32 Å². The van der Waals surface area contributed by atoms with E-state index in [0.717, 1.165) is 29.7 Å². The van der Waals surface area contributed by atoms with Crippen LogP contribution in [0.1, 0.15) is 42.0 Å². The average molecular weight is 735 g/mol. The number of hydrogen-bond donors (Lipinski definition) is 1. The smallest absolute Gasteiger partial charge is 0.354 e. The van der Waals surface area contributed by atoms with Crippen molar-refractivity contribution in [3.8, 4) is 0 Å². The van der Waals surface area contributed by atoms with Crippen LogP contribution >= 0.6 is 23.2 Å². The summed E-state index contributed by atoms with van der Waals surface area (Å²) in [5.74, 6) is -1.32. The van der Waals surface area contributed by atoms with Crippen LogP contribution in [0.5, 0.6) is 0 Å². The predicted molar refractivity (Wildman–Crippen MR) is 186 cm³/mol. The average Bonchev–Trinajstić information content (AvgIpc) is 3.06. The summed E-state index contributed by atoms with van der Waals surface area (Å²) in [4.78, 5) is 29.4. The molecule has 0 aliphatic carbocycles. The van der Waals surface area contributed by atoms with Crippen LogP contribution in [0.25, 0.3) is 0 Å². The molecule has 4 rings (SSSR count). The van der Waals surface area contributed by atoms with Crippen LogP contribution in [0.2, 0.25) is 10.0 Å². The number of anilines is 1. The molecule has 0 heterocycles. The molecule has 1 N–H and O–H groups in total. The highest BCUT2D eigenvalue weighted by molar-refractivity contribution is 7.92. The molecule has 2 amide bonds. The normalized spacial score (nSPS) is 12.3. The van der Waals surface area contributed by atoms with Crippen molar-refractivity contribution in [2.24, 2.45) is 0 Å². The van der Waals surface area contributed by atoms with Crippen molar-refractivity contribution in [3.63, 3.8) is 0 Å². The second-order valence-corrected chi connectivity index (χ2v) is 14.1. The minimum Gasteiger partial charge on any atom is -0.354 e. The second kappa shape index (κ2) is 16.6. The molecule has 0 aliphatic rings. The van der Waals surface area contributed by atoms with E-state index in [9.17, 15) is 31.2 Å². The Kier molecular flexibility index (Phi) is 12.8. The first-order chi connectivity index (χ1) is 23.2. The maximum absolute atomic E-state index is 14.5. The van der Waals surface area contributed by atoms with Crippen molar-refractivity contribution in [2.45, 2.75) is 56.8 Å². The zero-order valence-corrected chi connectivity index (χ0v) is 29.2. The molecule has 0 aromatic heterocycles. The lowest BCUT2D eigenvalue weighted by Crippen LogP contribution is -2.53. The van der Waals surface area contributed by atoms with Crippen LogP contribution in [0.15, 0.2) is 102 Å². The first-order valence-corrected chi connectivity index (χ1v) is 17.7. The molecule has 0 saturated heterocycles. The minimum atomic E-state index is -4.91. The van der Waals surface area contributed by atoms with Crippen LogP contribution < -0.4 is 9.62 Å². The van der Waals surface area contributed by atoms with Crippen molar-refractivity contribution in [1.29, 1.82) is 0 Å². The summed E-state index contributed by atoms with van der Waals surface area (Å²) in [5, 5.41) is 2.55. The number of nitrogens with zero attached hydrogens (tertiary/aromatic N) is 2. The number of sulfonamides is 1. The molecule has 0 aliphatic heterocycles. The molecule has 0 bridgehead atoms. The summed E-state index contributed by atoms with van der Waals surface area (Å²) >= 11 is 12.4. The Labute approximate surface area is 294 Å². The van der Waals surface area contributed by atoms with E-state index in [0.29, 0.717) is 33.9 Å². The first kappa shape index (κ1) is 37.8. The molecular formula is C36H36Cl2F3N3O4S. The highest BCUT2D eigenvalue weighted by Crippen LogP contribution is 2.38. The van der Waals surface area contributed by atoms with Crippen LogP contribution in [0.4, 0.5) is 18.9 Å². The summed E-state index contributed by atoms with van der Waals surface area (Å²) in [5.41, 5.74) is 0.252. The Balaban J connectivity index is 1.86. The fourth-order valence-electron chi connectivity index (χ4n) is 5.12. The highest BCUT2D eigenvalue weighted by atomic mass is 35.5. The Morgan fingerprint density at radius 3 is 2.16 bits per heavy atom.